The summed E-state index contributed by atoms with van der Waals surface area (Å²) in [5, 5.41) is 14.8. The highest BCUT2D eigenvalue weighted by Gasteiger charge is 2.26. The molecule has 0 bridgehead atoms. The lowest BCUT2D eigenvalue weighted by molar-refractivity contribution is -0.140. The van der Waals surface area contributed by atoms with Gasteiger partial charge in [-0.2, -0.15) is 5.26 Å². The minimum atomic E-state index is -0.445. The molecule has 4 aromatic rings. The Bertz CT molecular complexity index is 1540. The predicted octanol–water partition coefficient (Wildman–Crippen LogP) is 4.82. The first kappa shape index (κ1) is 23.7. The third-order valence-corrected chi connectivity index (χ3v) is 7.26. The van der Waals surface area contributed by atoms with Crippen molar-refractivity contribution in [2.75, 3.05) is 30.8 Å². The Kier molecular flexibility index (Phi) is 6.53. The monoisotopic (exact) mass is 499 g/mol. The topological polar surface area (TPSA) is 111 Å². The number of nitrogens with one attached hydrogen (secondary N) is 2. The lowest BCUT2D eigenvalue weighted by Crippen LogP contribution is -2.42. The maximum absolute atomic E-state index is 11.9. The summed E-state index contributed by atoms with van der Waals surface area (Å²) >= 11 is 1.06. The number of benzene rings is 2. The second-order valence-corrected chi connectivity index (χ2v) is 9.79. The number of carbonyl (C=O) groups excluding carboxylic acids is 2. The minimum absolute atomic E-state index is 0.318. The molecule has 0 radical (unpaired) electrons. The first-order valence-corrected chi connectivity index (χ1v) is 12.7. The number of thioether (sulfide) groups is 1. The molecule has 0 unspecified atom stereocenters. The number of nitriles is 1. The highest BCUT2D eigenvalue weighted by molar-refractivity contribution is 8.15. The molecule has 5 rings (SSSR count). The standard InChI is InChI=1S/C27H25N5O3S/c1-16-17(2)30-22-5-4-19(13-20(16)22)31-23-6-7-29-24-14-25(18(15-28)12-21(23)24)35-10-3-8-32-9-11-36-27(34)26(32)33/h4-7,12-14,30H,3,8-11H2,1-2H3,(H,29,31). The zero-order valence-electron chi connectivity index (χ0n) is 20.1. The van der Waals surface area contributed by atoms with Gasteiger partial charge in [0.15, 0.2) is 0 Å². The van der Waals surface area contributed by atoms with Crippen molar-refractivity contribution < 1.29 is 14.3 Å². The molecule has 1 amide bonds. The summed E-state index contributed by atoms with van der Waals surface area (Å²) in [5.74, 6) is 0.626. The molecule has 9 heteroatoms. The lowest BCUT2D eigenvalue weighted by Gasteiger charge is -2.25. The number of hydrogen-bond donors (Lipinski definition) is 2. The summed E-state index contributed by atoms with van der Waals surface area (Å²) in [4.78, 5) is 32.9. The van der Waals surface area contributed by atoms with Crippen LogP contribution in [0.3, 0.4) is 0 Å². The van der Waals surface area contributed by atoms with Crippen molar-refractivity contribution in [1.82, 2.24) is 14.9 Å². The summed E-state index contributed by atoms with van der Waals surface area (Å²) in [6, 6.07) is 13.9. The van der Waals surface area contributed by atoms with Crippen LogP contribution in [0, 0.1) is 25.2 Å². The van der Waals surface area contributed by atoms with Crippen molar-refractivity contribution in [2.24, 2.45) is 0 Å². The van der Waals surface area contributed by atoms with E-state index in [0.29, 0.717) is 48.7 Å². The molecule has 0 spiro atoms. The average Bonchev–Trinajstić information content (AvgIpc) is 3.16. The number of H-pyrrole nitrogens is 1. The number of hydrogen-bond acceptors (Lipinski definition) is 7. The van der Waals surface area contributed by atoms with Gasteiger partial charge < -0.3 is 19.9 Å². The largest absolute Gasteiger partial charge is 0.492 e. The number of aromatic nitrogens is 2. The van der Waals surface area contributed by atoms with E-state index in [4.69, 9.17) is 4.74 Å². The van der Waals surface area contributed by atoms with Gasteiger partial charge in [-0.15, -0.1) is 0 Å². The zero-order chi connectivity index (χ0) is 25.2. The van der Waals surface area contributed by atoms with Crippen LogP contribution in [0.1, 0.15) is 23.2 Å². The van der Waals surface area contributed by atoms with Crippen molar-refractivity contribution >= 4 is 56.0 Å². The molecule has 2 aromatic carbocycles. The summed E-state index contributed by atoms with van der Waals surface area (Å²) in [7, 11) is 0. The maximum atomic E-state index is 11.9. The second-order valence-electron chi connectivity index (χ2n) is 8.73. The second kappa shape index (κ2) is 9.91. The van der Waals surface area contributed by atoms with E-state index in [1.165, 1.54) is 10.9 Å². The van der Waals surface area contributed by atoms with Crippen molar-refractivity contribution in [1.29, 1.82) is 5.26 Å². The summed E-state index contributed by atoms with van der Waals surface area (Å²) in [6.45, 7) is 5.49. The fourth-order valence-corrected chi connectivity index (χ4v) is 5.13. The number of aromatic amines is 1. The average molecular weight is 500 g/mol. The quantitative estimate of drug-likeness (QED) is 0.277. The fraction of sp³-hybridized carbons (Fsp3) is 0.259. The van der Waals surface area contributed by atoms with Crippen LogP contribution in [-0.4, -0.2) is 51.3 Å². The van der Waals surface area contributed by atoms with E-state index in [9.17, 15) is 14.9 Å². The third-order valence-electron chi connectivity index (χ3n) is 6.44. The Labute approximate surface area is 212 Å². The normalized spacial score (nSPS) is 13.9. The van der Waals surface area contributed by atoms with Crippen LogP contribution in [-0.2, 0) is 9.59 Å². The summed E-state index contributed by atoms with van der Waals surface area (Å²) in [5.41, 5.74) is 6.37. The Morgan fingerprint density at radius 2 is 2.06 bits per heavy atom. The van der Waals surface area contributed by atoms with Gasteiger partial charge in [0.2, 0.25) is 0 Å². The molecule has 3 heterocycles. The van der Waals surface area contributed by atoms with Crippen LogP contribution >= 0.6 is 11.8 Å². The number of rotatable bonds is 7. The highest BCUT2D eigenvalue weighted by atomic mass is 32.2. The van der Waals surface area contributed by atoms with E-state index in [1.807, 2.05) is 12.1 Å². The molecule has 1 aliphatic rings. The van der Waals surface area contributed by atoms with Crippen LogP contribution in [0.15, 0.2) is 42.6 Å². The molecule has 0 atom stereocenters. The third kappa shape index (κ3) is 4.60. The number of carbonyl (C=O) groups is 2. The molecule has 0 saturated carbocycles. The number of pyridine rings is 1. The molecular weight excluding hydrogens is 474 g/mol. The molecule has 8 nitrogen and oxygen atoms in total. The van der Waals surface area contributed by atoms with Gasteiger partial charge in [-0.1, -0.05) is 11.8 Å². The fourth-order valence-electron chi connectivity index (χ4n) is 4.38. The maximum Gasteiger partial charge on any atom is 0.301 e. The molecule has 1 aliphatic heterocycles. The number of ether oxygens (including phenoxy) is 1. The molecule has 1 fully saturated rings. The van der Waals surface area contributed by atoms with E-state index >= 15 is 0 Å². The Morgan fingerprint density at radius 1 is 1.19 bits per heavy atom. The Hall–Kier alpha value is -4.03. The Morgan fingerprint density at radius 3 is 2.89 bits per heavy atom. The predicted molar refractivity (Wildman–Crippen MR) is 142 cm³/mol. The van der Waals surface area contributed by atoms with Crippen LogP contribution < -0.4 is 10.1 Å². The van der Waals surface area contributed by atoms with Crippen molar-refractivity contribution in [3.05, 3.63) is 59.4 Å². The van der Waals surface area contributed by atoms with Crippen LogP contribution in [0.25, 0.3) is 21.8 Å². The Balaban J connectivity index is 1.33. The number of fused-ring (bicyclic) bond motifs is 2. The lowest BCUT2D eigenvalue weighted by atomic mass is 10.1. The van der Waals surface area contributed by atoms with Crippen LogP contribution in [0.2, 0.25) is 0 Å². The number of nitrogens with zero attached hydrogens (tertiary/aromatic N) is 3. The van der Waals surface area contributed by atoms with Gasteiger partial charge in [-0.25, -0.2) is 0 Å². The van der Waals surface area contributed by atoms with E-state index in [2.05, 4.69) is 47.3 Å². The smallest absolute Gasteiger partial charge is 0.301 e. The van der Waals surface area contributed by atoms with Gasteiger partial charge in [0, 0.05) is 64.5 Å². The zero-order valence-corrected chi connectivity index (χ0v) is 20.9. The van der Waals surface area contributed by atoms with Gasteiger partial charge in [0.25, 0.3) is 5.12 Å². The van der Waals surface area contributed by atoms with Crippen molar-refractivity contribution in [3.8, 4) is 11.8 Å². The molecule has 182 valence electrons. The van der Waals surface area contributed by atoms with E-state index < -0.39 is 11.0 Å². The van der Waals surface area contributed by atoms with E-state index in [-0.39, 0.29) is 0 Å². The van der Waals surface area contributed by atoms with E-state index in [0.717, 1.165) is 39.7 Å². The van der Waals surface area contributed by atoms with Gasteiger partial charge in [-0.05, 0) is 56.2 Å². The van der Waals surface area contributed by atoms with Crippen LogP contribution in [0.5, 0.6) is 5.75 Å². The number of amides is 1. The number of aryl methyl sites for hydroxylation is 2. The molecule has 36 heavy (non-hydrogen) atoms. The molecule has 2 aromatic heterocycles. The van der Waals surface area contributed by atoms with Crippen molar-refractivity contribution in [2.45, 2.75) is 20.3 Å². The number of anilines is 2. The highest BCUT2D eigenvalue weighted by Crippen LogP contribution is 2.32. The van der Waals surface area contributed by atoms with E-state index in [1.54, 1.807) is 23.2 Å². The van der Waals surface area contributed by atoms with Crippen molar-refractivity contribution in [3.63, 3.8) is 0 Å². The SMILES string of the molecule is Cc1[nH]c2ccc(Nc3ccnc4cc(OCCCN5CCSC(=O)C5=O)c(C#N)cc34)cc2c1C. The first-order chi connectivity index (χ1) is 17.4. The van der Waals surface area contributed by atoms with Gasteiger partial charge in [-0.3, -0.25) is 14.6 Å². The van der Waals surface area contributed by atoms with Gasteiger partial charge in [0.05, 0.1) is 17.7 Å². The van der Waals surface area contributed by atoms with Gasteiger partial charge in [0.1, 0.15) is 11.8 Å². The molecule has 2 N–H and O–H groups in total. The van der Waals surface area contributed by atoms with Gasteiger partial charge >= 0.3 is 5.91 Å². The molecule has 1 saturated heterocycles. The molecular formula is C27H25N5O3S. The van der Waals surface area contributed by atoms with Crippen LogP contribution in [0.4, 0.5) is 11.4 Å². The summed E-state index contributed by atoms with van der Waals surface area (Å²) < 4.78 is 5.90. The molecule has 0 aliphatic carbocycles. The minimum Gasteiger partial charge on any atom is -0.492 e. The first-order valence-electron chi connectivity index (χ1n) is 11.7. The summed E-state index contributed by atoms with van der Waals surface area (Å²) in [6.07, 6.45) is 2.28.